The average Bonchev–Trinajstić information content (AvgIpc) is 2.41. The van der Waals surface area contributed by atoms with Gasteiger partial charge in [0.05, 0.1) is 5.41 Å². The van der Waals surface area contributed by atoms with Gasteiger partial charge in [-0.25, -0.2) is 4.79 Å². The van der Waals surface area contributed by atoms with Crippen LogP contribution in [0.15, 0.2) is 18.2 Å². The van der Waals surface area contributed by atoms with E-state index in [1.165, 1.54) is 25.1 Å². The van der Waals surface area contributed by atoms with E-state index in [-0.39, 0.29) is 11.5 Å². The van der Waals surface area contributed by atoms with Crippen LogP contribution in [0, 0.1) is 5.41 Å². The lowest BCUT2D eigenvalue weighted by atomic mass is 9.97. The van der Waals surface area contributed by atoms with Crippen molar-refractivity contribution in [2.24, 2.45) is 5.41 Å². The highest BCUT2D eigenvalue weighted by molar-refractivity contribution is 5.84. The highest BCUT2D eigenvalue weighted by Crippen LogP contribution is 2.29. The van der Waals surface area contributed by atoms with Crippen molar-refractivity contribution in [3.8, 4) is 11.5 Å². The predicted molar refractivity (Wildman–Crippen MR) is 88.6 cm³/mol. The first-order chi connectivity index (χ1) is 10.8. The molecule has 0 radical (unpaired) electrons. The van der Waals surface area contributed by atoms with Crippen LogP contribution in [0.4, 0.5) is 5.69 Å². The molecule has 0 aromatic heterocycles. The van der Waals surface area contributed by atoms with Crippen LogP contribution in [0.25, 0.3) is 0 Å². The Morgan fingerprint density at radius 2 is 1.54 bits per heavy atom. The van der Waals surface area contributed by atoms with Crippen molar-refractivity contribution in [3.63, 3.8) is 0 Å². The van der Waals surface area contributed by atoms with Gasteiger partial charge >= 0.3 is 11.9 Å². The zero-order chi connectivity index (χ0) is 18.7. The molecule has 134 valence electrons. The molecule has 7 heteroatoms. The van der Waals surface area contributed by atoms with Gasteiger partial charge in [-0.15, -0.1) is 0 Å². The molecule has 0 aliphatic heterocycles. The number of carbonyl (C=O) groups excluding carboxylic acids is 2. The molecule has 0 saturated heterocycles. The van der Waals surface area contributed by atoms with Crippen molar-refractivity contribution in [1.29, 1.82) is 0 Å². The molecule has 0 aliphatic carbocycles. The summed E-state index contributed by atoms with van der Waals surface area (Å²) in [4.78, 5) is 24.1. The van der Waals surface area contributed by atoms with Crippen LogP contribution in [0.5, 0.6) is 11.5 Å². The number of anilines is 1. The Bertz CT molecular complexity index is 618. The number of rotatable bonds is 5. The summed E-state index contributed by atoms with van der Waals surface area (Å²) in [7, 11) is 0. The molecular weight excluding hydrogens is 314 g/mol. The van der Waals surface area contributed by atoms with Crippen LogP contribution in [-0.2, 0) is 19.1 Å². The van der Waals surface area contributed by atoms with Gasteiger partial charge in [0.1, 0.15) is 5.54 Å². The predicted octanol–water partition coefficient (Wildman–Crippen LogP) is 2.77. The number of aromatic hydroxyl groups is 2. The second kappa shape index (κ2) is 6.98. The normalized spacial score (nSPS) is 13.1. The first-order valence-corrected chi connectivity index (χ1v) is 7.55. The van der Waals surface area contributed by atoms with Crippen LogP contribution in [0.3, 0.4) is 0 Å². The summed E-state index contributed by atoms with van der Waals surface area (Å²) in [5, 5.41) is 21.7. The summed E-state index contributed by atoms with van der Waals surface area (Å²) < 4.78 is 10.2. The number of phenols is 2. The highest BCUT2D eigenvalue weighted by Gasteiger charge is 2.33. The molecule has 1 aromatic rings. The molecule has 1 rings (SSSR count). The van der Waals surface area contributed by atoms with E-state index in [2.05, 4.69) is 5.32 Å². The Morgan fingerprint density at radius 3 is 2.04 bits per heavy atom. The third-order valence-electron chi connectivity index (χ3n) is 3.10. The van der Waals surface area contributed by atoms with Gasteiger partial charge in [-0.05, 0) is 46.8 Å². The number of phenolic OH excluding ortho intramolecular Hbond substituents is 2. The summed E-state index contributed by atoms with van der Waals surface area (Å²) in [5.74, 6) is -1.68. The van der Waals surface area contributed by atoms with Crippen molar-refractivity contribution in [2.45, 2.75) is 53.4 Å². The van der Waals surface area contributed by atoms with Crippen LogP contribution >= 0.6 is 0 Å². The molecule has 0 saturated carbocycles. The number of nitrogens with one attached hydrogen (secondary N) is 1. The lowest BCUT2D eigenvalue weighted by Crippen LogP contribution is -2.43. The second-order valence-electron chi connectivity index (χ2n) is 7.08. The first-order valence-electron chi connectivity index (χ1n) is 7.55. The number of esters is 2. The molecule has 0 amide bonds. The van der Waals surface area contributed by atoms with Crippen LogP contribution in [-0.4, -0.2) is 34.0 Å². The van der Waals surface area contributed by atoms with E-state index >= 15 is 0 Å². The van der Waals surface area contributed by atoms with Gasteiger partial charge in [0, 0.05) is 18.7 Å². The smallest absolute Gasteiger partial charge is 0.334 e. The average molecular weight is 339 g/mol. The SMILES string of the molecule is C[C@@H](OC(=O)C(C)(C)C)OC(=O)C(C)(C)Nc1ccc(O)c(O)c1. The van der Waals surface area contributed by atoms with Crippen molar-refractivity contribution in [3.05, 3.63) is 18.2 Å². The molecule has 0 heterocycles. The van der Waals surface area contributed by atoms with Crippen LogP contribution in [0.2, 0.25) is 0 Å². The fourth-order valence-electron chi connectivity index (χ4n) is 1.66. The van der Waals surface area contributed by atoms with E-state index in [1.54, 1.807) is 34.6 Å². The van der Waals surface area contributed by atoms with Crippen molar-refractivity contribution < 1.29 is 29.3 Å². The summed E-state index contributed by atoms with van der Waals surface area (Å²) in [6.07, 6.45) is -1.03. The fourth-order valence-corrected chi connectivity index (χ4v) is 1.66. The lowest BCUT2D eigenvalue weighted by Gasteiger charge is -2.28. The molecule has 1 aromatic carbocycles. The van der Waals surface area contributed by atoms with Gasteiger partial charge in [-0.2, -0.15) is 0 Å². The molecular formula is C17H25NO6. The largest absolute Gasteiger partial charge is 0.504 e. The Morgan fingerprint density at radius 1 is 1.00 bits per heavy atom. The molecule has 0 aliphatic rings. The summed E-state index contributed by atoms with van der Waals surface area (Å²) in [6.45, 7) is 9.73. The molecule has 1 atom stereocenters. The van der Waals surface area contributed by atoms with Crippen LogP contribution < -0.4 is 5.32 Å². The number of carbonyl (C=O) groups is 2. The maximum atomic E-state index is 12.3. The summed E-state index contributed by atoms with van der Waals surface area (Å²) in [5.41, 5.74) is -1.42. The maximum absolute atomic E-state index is 12.3. The minimum absolute atomic E-state index is 0.261. The van der Waals surface area contributed by atoms with Gasteiger partial charge in [0.15, 0.2) is 11.5 Å². The molecule has 0 bridgehead atoms. The minimum atomic E-state index is -1.15. The van der Waals surface area contributed by atoms with E-state index < -0.39 is 29.2 Å². The Labute approximate surface area is 141 Å². The number of hydrogen-bond acceptors (Lipinski definition) is 7. The molecule has 0 fully saturated rings. The van der Waals surface area contributed by atoms with Crippen LogP contribution in [0.1, 0.15) is 41.5 Å². The Kier molecular flexibility index (Phi) is 5.71. The Hall–Kier alpha value is -2.44. The topological polar surface area (TPSA) is 105 Å². The maximum Gasteiger partial charge on any atom is 0.334 e. The molecule has 0 unspecified atom stereocenters. The molecule has 24 heavy (non-hydrogen) atoms. The zero-order valence-electron chi connectivity index (χ0n) is 14.8. The van der Waals surface area contributed by atoms with E-state index in [1.807, 2.05) is 0 Å². The number of benzene rings is 1. The third kappa shape index (κ3) is 5.33. The summed E-state index contributed by atoms with van der Waals surface area (Å²) in [6, 6.07) is 4.09. The monoisotopic (exact) mass is 339 g/mol. The lowest BCUT2D eigenvalue weighted by molar-refractivity contribution is -0.192. The van der Waals surface area contributed by atoms with Gasteiger partial charge in [-0.3, -0.25) is 4.79 Å². The number of ether oxygens (including phenoxy) is 2. The van der Waals surface area contributed by atoms with E-state index in [0.717, 1.165) is 0 Å². The Balaban J connectivity index is 2.70. The quantitative estimate of drug-likeness (QED) is 0.328. The first kappa shape index (κ1) is 19.6. The number of hydrogen-bond donors (Lipinski definition) is 3. The van der Waals surface area contributed by atoms with Gasteiger partial charge < -0.3 is 25.0 Å². The third-order valence-corrected chi connectivity index (χ3v) is 3.10. The van der Waals surface area contributed by atoms with Crippen molar-refractivity contribution in [1.82, 2.24) is 0 Å². The van der Waals surface area contributed by atoms with E-state index in [4.69, 9.17) is 9.47 Å². The molecule has 7 nitrogen and oxygen atoms in total. The minimum Gasteiger partial charge on any atom is -0.504 e. The van der Waals surface area contributed by atoms with Crippen molar-refractivity contribution >= 4 is 17.6 Å². The second-order valence-corrected chi connectivity index (χ2v) is 7.08. The van der Waals surface area contributed by atoms with Gasteiger partial charge in [0.25, 0.3) is 0 Å². The molecule has 0 spiro atoms. The summed E-state index contributed by atoms with van der Waals surface area (Å²) >= 11 is 0. The zero-order valence-corrected chi connectivity index (χ0v) is 14.8. The van der Waals surface area contributed by atoms with Gasteiger partial charge in [-0.1, -0.05) is 0 Å². The van der Waals surface area contributed by atoms with E-state index in [0.29, 0.717) is 5.69 Å². The van der Waals surface area contributed by atoms with E-state index in [9.17, 15) is 19.8 Å². The van der Waals surface area contributed by atoms with Gasteiger partial charge in [0.2, 0.25) is 6.29 Å². The van der Waals surface area contributed by atoms with Crippen molar-refractivity contribution in [2.75, 3.05) is 5.32 Å². The highest BCUT2D eigenvalue weighted by atomic mass is 16.7. The standard InChI is InChI=1S/C17H25NO6/c1-10(23-14(21)16(2,3)4)24-15(22)17(5,6)18-11-7-8-12(19)13(20)9-11/h7-10,18-20H,1-6H3/t10-/m0/s1. The fraction of sp³-hybridized carbons (Fsp3) is 0.529. The molecule has 3 N–H and O–H groups in total.